The Kier molecular flexibility index (Phi) is 7.66. The first-order valence-corrected chi connectivity index (χ1v) is 8.26. The smallest absolute Gasteiger partial charge is 0.331 e. The maximum Gasteiger partial charge on any atom is 0.331 e. The summed E-state index contributed by atoms with van der Waals surface area (Å²) in [6.45, 7) is -0.586. The van der Waals surface area contributed by atoms with Crippen molar-refractivity contribution in [3.05, 3.63) is 47.9 Å². The number of ether oxygens (including phenoxy) is 4. The number of carbonyl (C=O) groups is 3. The minimum absolute atomic E-state index is 0.0237. The summed E-state index contributed by atoms with van der Waals surface area (Å²) in [6, 6.07) is 6.23. The summed E-state index contributed by atoms with van der Waals surface area (Å²) in [4.78, 5) is 35.0. The van der Waals surface area contributed by atoms with Crippen molar-refractivity contribution in [2.75, 3.05) is 27.9 Å². The van der Waals surface area contributed by atoms with E-state index >= 15 is 0 Å². The molecule has 2 rings (SSSR count). The SMILES string of the molecule is COc1cc(C=CC(=O)OCC(=O)NNC(=O)c2ccco2)cc(OC)c1OC. The van der Waals surface area contributed by atoms with Gasteiger partial charge in [0.25, 0.3) is 5.91 Å². The number of nitrogens with one attached hydrogen (secondary N) is 2. The van der Waals surface area contributed by atoms with E-state index in [0.717, 1.165) is 6.08 Å². The zero-order chi connectivity index (χ0) is 21.2. The quantitative estimate of drug-likeness (QED) is 0.383. The number of hydrogen-bond donors (Lipinski definition) is 2. The number of rotatable bonds is 8. The predicted molar refractivity (Wildman–Crippen MR) is 100 cm³/mol. The molecule has 0 saturated carbocycles. The first kappa shape index (κ1) is 21.4. The van der Waals surface area contributed by atoms with Crippen molar-refractivity contribution in [1.29, 1.82) is 0 Å². The van der Waals surface area contributed by atoms with Gasteiger partial charge >= 0.3 is 11.9 Å². The van der Waals surface area contributed by atoms with E-state index < -0.39 is 24.4 Å². The van der Waals surface area contributed by atoms with Crippen molar-refractivity contribution in [2.45, 2.75) is 0 Å². The van der Waals surface area contributed by atoms with Gasteiger partial charge in [-0.3, -0.25) is 20.4 Å². The number of furan rings is 1. The van der Waals surface area contributed by atoms with Crippen molar-refractivity contribution in [3.8, 4) is 17.2 Å². The number of hydrazine groups is 1. The van der Waals surface area contributed by atoms with Crippen molar-refractivity contribution in [1.82, 2.24) is 10.9 Å². The molecule has 2 N–H and O–H groups in total. The molecule has 1 aromatic heterocycles. The zero-order valence-electron chi connectivity index (χ0n) is 16.0. The Bertz CT molecular complexity index is 865. The van der Waals surface area contributed by atoms with E-state index in [0.29, 0.717) is 22.8 Å². The maximum absolute atomic E-state index is 11.8. The van der Waals surface area contributed by atoms with Gasteiger partial charge in [-0.25, -0.2) is 4.79 Å². The number of carbonyl (C=O) groups excluding carboxylic acids is 3. The Balaban J connectivity index is 1.86. The molecular formula is C19H20N2O8. The normalized spacial score (nSPS) is 10.3. The Hall–Kier alpha value is -3.95. The number of amides is 2. The average Bonchev–Trinajstić information content (AvgIpc) is 3.28. The molecule has 0 spiro atoms. The van der Waals surface area contributed by atoms with Gasteiger partial charge in [-0.1, -0.05) is 0 Å². The summed E-state index contributed by atoms with van der Waals surface area (Å²) in [5.74, 6) is -0.834. The second kappa shape index (κ2) is 10.4. The highest BCUT2D eigenvalue weighted by molar-refractivity contribution is 5.93. The topological polar surface area (TPSA) is 125 Å². The van der Waals surface area contributed by atoms with Crippen molar-refractivity contribution < 1.29 is 37.7 Å². The van der Waals surface area contributed by atoms with Crippen LogP contribution < -0.4 is 25.1 Å². The third kappa shape index (κ3) is 6.03. The van der Waals surface area contributed by atoms with Crippen LogP contribution in [-0.2, 0) is 14.3 Å². The van der Waals surface area contributed by atoms with Gasteiger partial charge in [0.15, 0.2) is 23.9 Å². The fourth-order valence-corrected chi connectivity index (χ4v) is 2.18. The van der Waals surface area contributed by atoms with Crippen LogP contribution in [0.5, 0.6) is 17.2 Å². The molecule has 1 heterocycles. The van der Waals surface area contributed by atoms with Crippen LogP contribution in [-0.4, -0.2) is 45.7 Å². The van der Waals surface area contributed by atoms with Gasteiger partial charge in [-0.15, -0.1) is 0 Å². The third-order valence-electron chi connectivity index (χ3n) is 3.50. The fourth-order valence-electron chi connectivity index (χ4n) is 2.18. The zero-order valence-corrected chi connectivity index (χ0v) is 16.0. The van der Waals surface area contributed by atoms with E-state index in [1.54, 1.807) is 12.1 Å². The Labute approximate surface area is 166 Å². The number of methoxy groups -OCH3 is 3. The van der Waals surface area contributed by atoms with E-state index in [1.807, 2.05) is 0 Å². The van der Waals surface area contributed by atoms with Crippen LogP contribution in [0.2, 0.25) is 0 Å². The van der Waals surface area contributed by atoms with Crippen LogP contribution in [0, 0.1) is 0 Å². The van der Waals surface area contributed by atoms with Crippen LogP contribution >= 0.6 is 0 Å². The van der Waals surface area contributed by atoms with E-state index in [9.17, 15) is 14.4 Å². The fraction of sp³-hybridized carbons (Fsp3) is 0.211. The second-order valence-corrected chi connectivity index (χ2v) is 5.38. The molecule has 0 aliphatic heterocycles. The molecule has 0 saturated heterocycles. The van der Waals surface area contributed by atoms with Crippen molar-refractivity contribution in [3.63, 3.8) is 0 Å². The molecular weight excluding hydrogens is 384 g/mol. The molecule has 0 bridgehead atoms. The van der Waals surface area contributed by atoms with Crippen LogP contribution in [0.25, 0.3) is 6.08 Å². The molecule has 10 nitrogen and oxygen atoms in total. The maximum atomic E-state index is 11.8. The largest absolute Gasteiger partial charge is 0.493 e. The molecule has 0 atom stereocenters. The lowest BCUT2D eigenvalue weighted by Crippen LogP contribution is -2.43. The summed E-state index contributed by atoms with van der Waals surface area (Å²) in [5.41, 5.74) is 4.81. The van der Waals surface area contributed by atoms with Gasteiger partial charge in [0.05, 0.1) is 27.6 Å². The molecule has 0 fully saturated rings. The Morgan fingerprint density at radius 3 is 2.28 bits per heavy atom. The van der Waals surface area contributed by atoms with Crippen molar-refractivity contribution in [2.24, 2.45) is 0 Å². The highest BCUT2D eigenvalue weighted by atomic mass is 16.5. The lowest BCUT2D eigenvalue weighted by Gasteiger charge is -2.12. The Morgan fingerprint density at radius 1 is 1.03 bits per heavy atom. The summed E-state index contributed by atoms with van der Waals surface area (Å²) in [5, 5.41) is 0. The highest BCUT2D eigenvalue weighted by Gasteiger charge is 2.13. The molecule has 2 aromatic rings. The second-order valence-electron chi connectivity index (χ2n) is 5.38. The van der Waals surface area contributed by atoms with Crippen LogP contribution in [0.1, 0.15) is 16.1 Å². The van der Waals surface area contributed by atoms with Gasteiger partial charge in [0.1, 0.15) is 0 Å². The molecule has 0 unspecified atom stereocenters. The highest BCUT2D eigenvalue weighted by Crippen LogP contribution is 2.38. The summed E-state index contributed by atoms with van der Waals surface area (Å²) in [6.07, 6.45) is 3.91. The monoisotopic (exact) mass is 404 g/mol. The molecule has 1 aromatic carbocycles. The van der Waals surface area contributed by atoms with Gasteiger partial charge in [-0.05, 0) is 35.9 Å². The van der Waals surface area contributed by atoms with Gasteiger partial charge in [0.2, 0.25) is 5.75 Å². The number of benzene rings is 1. The summed E-state index contributed by atoms with van der Waals surface area (Å²) in [7, 11) is 4.43. The van der Waals surface area contributed by atoms with Crippen LogP contribution in [0.3, 0.4) is 0 Å². The summed E-state index contributed by atoms with van der Waals surface area (Å²) < 4.78 is 25.3. The van der Waals surface area contributed by atoms with Gasteiger partial charge in [-0.2, -0.15) is 0 Å². The first-order chi connectivity index (χ1) is 14.0. The number of esters is 1. The van der Waals surface area contributed by atoms with Crippen LogP contribution in [0.4, 0.5) is 0 Å². The Morgan fingerprint density at radius 2 is 1.72 bits per heavy atom. The van der Waals surface area contributed by atoms with E-state index in [-0.39, 0.29) is 5.76 Å². The van der Waals surface area contributed by atoms with Gasteiger partial charge in [0, 0.05) is 6.08 Å². The molecule has 2 amide bonds. The van der Waals surface area contributed by atoms with E-state index in [4.69, 9.17) is 23.4 Å². The molecule has 0 aliphatic rings. The van der Waals surface area contributed by atoms with Crippen molar-refractivity contribution >= 4 is 23.9 Å². The molecule has 0 radical (unpaired) electrons. The summed E-state index contributed by atoms with van der Waals surface area (Å²) >= 11 is 0. The van der Waals surface area contributed by atoms with E-state index in [1.165, 1.54) is 45.8 Å². The van der Waals surface area contributed by atoms with Gasteiger partial charge < -0.3 is 23.4 Å². The predicted octanol–water partition coefficient (Wildman–Crippen LogP) is 1.32. The lowest BCUT2D eigenvalue weighted by atomic mass is 10.1. The third-order valence-corrected chi connectivity index (χ3v) is 3.50. The molecule has 10 heteroatoms. The van der Waals surface area contributed by atoms with Crippen LogP contribution in [0.15, 0.2) is 41.0 Å². The first-order valence-electron chi connectivity index (χ1n) is 8.26. The van der Waals surface area contributed by atoms with E-state index in [2.05, 4.69) is 10.9 Å². The molecule has 154 valence electrons. The molecule has 0 aliphatic carbocycles. The minimum atomic E-state index is -0.758. The minimum Gasteiger partial charge on any atom is -0.493 e. The standard InChI is InChI=1S/C19H20N2O8/c1-25-14-9-12(10-15(26-2)18(14)27-3)6-7-17(23)29-11-16(22)20-21-19(24)13-5-4-8-28-13/h4-10H,11H2,1-3H3,(H,20,22)(H,21,24). The average molecular weight is 404 g/mol. The number of hydrogen-bond acceptors (Lipinski definition) is 8. The lowest BCUT2D eigenvalue weighted by molar-refractivity contribution is -0.144. The molecule has 29 heavy (non-hydrogen) atoms.